The smallest absolute Gasteiger partial charge is 0.207 e. The van der Waals surface area contributed by atoms with Crippen molar-refractivity contribution in [3.8, 4) is 0 Å². The van der Waals surface area contributed by atoms with Gasteiger partial charge in [0.05, 0.1) is 0 Å². The van der Waals surface area contributed by atoms with Crippen LogP contribution in [0.1, 0.15) is 51.3 Å². The van der Waals surface area contributed by atoms with E-state index in [2.05, 4.69) is 35.4 Å². The first-order chi connectivity index (χ1) is 9.10. The first kappa shape index (κ1) is 16.3. The number of H-pyrrole nitrogens is 1. The normalized spacial score (nSPS) is 14.1. The molecule has 2 unspecified atom stereocenters. The third-order valence-corrected chi connectivity index (χ3v) is 3.83. The van der Waals surface area contributed by atoms with Crippen molar-refractivity contribution in [1.82, 2.24) is 15.0 Å². The number of hydrogen-bond acceptors (Lipinski definition) is 5. The van der Waals surface area contributed by atoms with Crippen molar-refractivity contribution >= 4 is 24.2 Å². The van der Waals surface area contributed by atoms with E-state index in [0.717, 1.165) is 43.5 Å². The van der Waals surface area contributed by atoms with Crippen LogP contribution in [-0.4, -0.2) is 15.0 Å². The monoisotopic (exact) mass is 298 g/mol. The molecule has 0 aliphatic carbocycles. The molecule has 0 spiro atoms. The van der Waals surface area contributed by atoms with Crippen LogP contribution in [0.25, 0.3) is 0 Å². The Bertz CT molecular complexity index is 458. The topological polar surface area (TPSA) is 67.6 Å². The van der Waals surface area contributed by atoms with Crippen molar-refractivity contribution in [2.45, 2.75) is 50.6 Å². The summed E-state index contributed by atoms with van der Waals surface area (Å²) < 4.78 is 0.454. The van der Waals surface area contributed by atoms with Crippen molar-refractivity contribution in [2.24, 2.45) is 11.1 Å². The average molecular weight is 298 g/mol. The number of nitrogens with one attached hydrogen (secondary N) is 1. The van der Waals surface area contributed by atoms with Gasteiger partial charge >= 0.3 is 0 Å². The summed E-state index contributed by atoms with van der Waals surface area (Å²) >= 11 is 6.14. The Morgan fingerprint density at radius 3 is 2.79 bits per heavy atom. The second kappa shape index (κ2) is 8.45. The fraction of sp³-hybridized carbons (Fsp3) is 0.615. The van der Waals surface area contributed by atoms with E-state index in [1.54, 1.807) is 0 Å². The fourth-order valence-corrected chi connectivity index (χ4v) is 2.51. The third kappa shape index (κ3) is 5.42. The zero-order valence-corrected chi connectivity index (χ0v) is 13.2. The van der Waals surface area contributed by atoms with Gasteiger partial charge in [-0.1, -0.05) is 26.3 Å². The number of rotatable bonds is 8. The Balaban J connectivity index is 2.71. The highest BCUT2D eigenvalue weighted by molar-refractivity contribution is 7.96. The summed E-state index contributed by atoms with van der Waals surface area (Å²) in [4.78, 5) is 11.6. The molecule has 2 atom stereocenters. The van der Waals surface area contributed by atoms with Crippen LogP contribution < -0.4 is 5.14 Å². The zero-order valence-electron chi connectivity index (χ0n) is 11.6. The van der Waals surface area contributed by atoms with E-state index in [4.69, 9.17) is 17.4 Å². The first-order valence-electron chi connectivity index (χ1n) is 6.58. The van der Waals surface area contributed by atoms with Gasteiger partial charge in [-0.05, 0) is 49.3 Å². The predicted molar refractivity (Wildman–Crippen MR) is 83.5 cm³/mol. The lowest BCUT2D eigenvalue weighted by Crippen LogP contribution is -2.07. The summed E-state index contributed by atoms with van der Waals surface area (Å²) in [5.41, 5.74) is 0. The van der Waals surface area contributed by atoms with Crippen LogP contribution >= 0.6 is 24.2 Å². The van der Waals surface area contributed by atoms with Crippen molar-refractivity contribution in [2.75, 3.05) is 0 Å². The molecule has 0 amide bonds. The highest BCUT2D eigenvalue weighted by atomic mass is 32.2. The van der Waals surface area contributed by atoms with Gasteiger partial charge in [-0.3, -0.25) is 5.14 Å². The van der Waals surface area contributed by atoms with Gasteiger partial charge in [0.25, 0.3) is 0 Å². The molecule has 3 N–H and O–H groups in total. The lowest BCUT2D eigenvalue weighted by atomic mass is 9.95. The van der Waals surface area contributed by atoms with E-state index in [0.29, 0.717) is 21.8 Å². The number of nitrogens with zero attached hydrogens (tertiary/aromatic N) is 2. The Labute approximate surface area is 124 Å². The summed E-state index contributed by atoms with van der Waals surface area (Å²) in [5.74, 6) is 1.85. The van der Waals surface area contributed by atoms with E-state index >= 15 is 0 Å². The molecular weight excluding hydrogens is 276 g/mol. The fourth-order valence-electron chi connectivity index (χ4n) is 1.96. The maximum absolute atomic E-state index is 5.51. The van der Waals surface area contributed by atoms with Crippen molar-refractivity contribution in [1.29, 1.82) is 0 Å². The Hall–Kier alpha value is -0.720. The van der Waals surface area contributed by atoms with Crippen LogP contribution in [0.2, 0.25) is 0 Å². The number of hydrogen-bond donors (Lipinski definition) is 2. The second-order valence-corrected chi connectivity index (χ2v) is 5.68. The minimum absolute atomic E-state index is 0.382. The van der Waals surface area contributed by atoms with Crippen LogP contribution in [0.5, 0.6) is 0 Å². The molecule has 0 saturated heterocycles. The lowest BCUT2D eigenvalue weighted by molar-refractivity contribution is 0.496. The van der Waals surface area contributed by atoms with Gasteiger partial charge in [0, 0.05) is 5.92 Å². The van der Waals surface area contributed by atoms with Gasteiger partial charge in [0.1, 0.15) is 5.82 Å². The van der Waals surface area contributed by atoms with E-state index in [-0.39, 0.29) is 0 Å². The van der Waals surface area contributed by atoms with Gasteiger partial charge in [-0.15, -0.1) is 6.58 Å². The van der Waals surface area contributed by atoms with Crippen molar-refractivity contribution < 1.29 is 0 Å². The third-order valence-electron chi connectivity index (χ3n) is 3.25. The summed E-state index contributed by atoms with van der Waals surface area (Å²) in [5, 5.41) is 6.05. The molecule has 1 aromatic heterocycles. The Morgan fingerprint density at radius 2 is 2.21 bits per heavy atom. The molecule has 106 valence electrons. The largest absolute Gasteiger partial charge is 0.319 e. The molecule has 1 heterocycles. The van der Waals surface area contributed by atoms with E-state index in [1.807, 2.05) is 6.08 Å². The van der Waals surface area contributed by atoms with Crippen LogP contribution in [0.3, 0.4) is 0 Å². The quantitative estimate of drug-likeness (QED) is 0.431. The summed E-state index contributed by atoms with van der Waals surface area (Å²) in [7, 11) is 0. The van der Waals surface area contributed by atoms with Gasteiger partial charge < -0.3 is 4.98 Å². The standard InChI is InChI=1S/C13H22N4S2/c1-4-9(3)7-6-8-10(5-2)11-15-12(18)17-13(16-11)19-14/h4,9-10H,1,5-8,14H2,2-3H3,(H,15,16,17,18). The number of allylic oxidation sites excluding steroid dienone is 1. The van der Waals surface area contributed by atoms with E-state index < -0.39 is 0 Å². The van der Waals surface area contributed by atoms with Gasteiger partial charge in [-0.25, -0.2) is 4.98 Å². The second-order valence-electron chi connectivity index (χ2n) is 4.69. The number of aromatic amines is 1. The molecule has 6 heteroatoms. The van der Waals surface area contributed by atoms with Crippen LogP contribution in [0.15, 0.2) is 17.8 Å². The SMILES string of the molecule is C=CC(C)CCCC(CC)c1nc(SN)nc(=S)[nH]1. The highest BCUT2D eigenvalue weighted by Gasteiger charge is 2.13. The van der Waals surface area contributed by atoms with Crippen LogP contribution in [0.4, 0.5) is 0 Å². The summed E-state index contributed by atoms with van der Waals surface area (Å²) in [6.07, 6.45) is 6.43. The molecule has 4 nitrogen and oxygen atoms in total. The molecule has 0 saturated carbocycles. The maximum Gasteiger partial charge on any atom is 0.207 e. The summed E-state index contributed by atoms with van der Waals surface area (Å²) in [6.45, 7) is 8.17. The van der Waals surface area contributed by atoms with E-state index in [9.17, 15) is 0 Å². The molecule has 1 aromatic rings. The van der Waals surface area contributed by atoms with Gasteiger partial charge in [0.2, 0.25) is 9.93 Å². The van der Waals surface area contributed by atoms with Crippen molar-refractivity contribution in [3.63, 3.8) is 0 Å². The maximum atomic E-state index is 5.51. The molecule has 19 heavy (non-hydrogen) atoms. The molecule has 0 bridgehead atoms. The zero-order chi connectivity index (χ0) is 14.3. The van der Waals surface area contributed by atoms with Crippen LogP contribution in [0, 0.1) is 10.7 Å². The molecule has 0 aromatic carbocycles. The summed E-state index contributed by atoms with van der Waals surface area (Å²) in [6, 6.07) is 0. The molecular formula is C13H22N4S2. The van der Waals surface area contributed by atoms with Gasteiger partial charge in [-0.2, -0.15) is 4.98 Å². The number of nitrogens with two attached hydrogens (primary N) is 1. The minimum atomic E-state index is 0.382. The first-order valence-corrected chi connectivity index (χ1v) is 7.87. The lowest BCUT2D eigenvalue weighted by Gasteiger charge is -2.15. The highest BCUT2D eigenvalue weighted by Crippen LogP contribution is 2.24. The van der Waals surface area contributed by atoms with Crippen molar-refractivity contribution in [3.05, 3.63) is 23.3 Å². The number of aromatic nitrogens is 3. The average Bonchev–Trinajstić information content (AvgIpc) is 2.42. The molecule has 0 fully saturated rings. The Kier molecular flexibility index (Phi) is 7.27. The molecule has 0 aliphatic heterocycles. The molecule has 0 radical (unpaired) electrons. The predicted octanol–water partition coefficient (Wildman–Crippen LogP) is 3.99. The molecule has 0 aliphatic rings. The molecule has 1 rings (SSSR count). The minimum Gasteiger partial charge on any atom is -0.319 e. The van der Waals surface area contributed by atoms with Gasteiger partial charge in [0.15, 0.2) is 0 Å². The van der Waals surface area contributed by atoms with E-state index in [1.165, 1.54) is 0 Å². The van der Waals surface area contributed by atoms with Crippen LogP contribution in [-0.2, 0) is 0 Å². The Morgan fingerprint density at radius 1 is 1.47 bits per heavy atom.